The molecular weight excluding hydrogens is 369 g/mol. The van der Waals surface area contributed by atoms with Gasteiger partial charge in [-0.15, -0.1) is 0 Å². The summed E-state index contributed by atoms with van der Waals surface area (Å²) in [6.45, 7) is 2.81. The highest BCUT2D eigenvalue weighted by Gasteiger charge is 2.43. The number of fused-ring (bicyclic) bond motifs is 3. The van der Waals surface area contributed by atoms with Crippen molar-refractivity contribution in [3.8, 4) is 16.9 Å². The predicted octanol–water partition coefficient (Wildman–Crippen LogP) is 4.73. The van der Waals surface area contributed by atoms with E-state index in [-0.39, 0.29) is 17.7 Å². The number of alkyl halides is 3. The van der Waals surface area contributed by atoms with Crippen LogP contribution < -0.4 is 15.0 Å². The van der Waals surface area contributed by atoms with Crippen LogP contribution in [-0.4, -0.2) is 26.1 Å². The van der Waals surface area contributed by atoms with Crippen LogP contribution in [0.4, 0.5) is 24.5 Å². The lowest BCUT2D eigenvalue weighted by atomic mass is 9.87. The molecule has 0 aliphatic carbocycles. The molecule has 0 unspecified atom stereocenters. The van der Waals surface area contributed by atoms with Crippen LogP contribution in [-0.2, 0) is 17.4 Å². The maximum Gasteiger partial charge on any atom is 0.419 e. The molecule has 4 rings (SSSR count). The number of nitrogens with one attached hydrogen (secondary N) is 1. The predicted molar refractivity (Wildman–Crippen MR) is 103 cm³/mol. The lowest BCUT2D eigenvalue weighted by Gasteiger charge is -2.31. The smallest absolute Gasteiger partial charge is 0.419 e. The van der Waals surface area contributed by atoms with Crippen molar-refractivity contribution in [1.29, 1.82) is 0 Å². The number of carbonyl (C=O) groups excluding carboxylic acids is 1. The zero-order chi connectivity index (χ0) is 20.1. The fourth-order valence-electron chi connectivity index (χ4n) is 3.92. The summed E-state index contributed by atoms with van der Waals surface area (Å²) < 4.78 is 48.0. The van der Waals surface area contributed by atoms with E-state index in [1.165, 1.54) is 0 Å². The Bertz CT molecular complexity index is 979. The van der Waals surface area contributed by atoms with Crippen LogP contribution in [0.15, 0.2) is 30.3 Å². The van der Waals surface area contributed by atoms with E-state index in [1.807, 2.05) is 19.1 Å². The molecule has 146 valence electrons. The molecule has 2 aliphatic rings. The van der Waals surface area contributed by atoms with Gasteiger partial charge in [-0.3, -0.25) is 4.79 Å². The van der Waals surface area contributed by atoms with E-state index in [0.717, 1.165) is 0 Å². The monoisotopic (exact) mass is 388 g/mol. The first-order chi connectivity index (χ1) is 13.3. The van der Waals surface area contributed by atoms with E-state index < -0.39 is 17.6 Å². The molecule has 0 bridgehead atoms. The van der Waals surface area contributed by atoms with Gasteiger partial charge in [-0.05, 0) is 30.2 Å². The van der Waals surface area contributed by atoms with E-state index in [9.17, 15) is 18.0 Å². The number of carbonyl (C=O) groups is 1. The summed E-state index contributed by atoms with van der Waals surface area (Å²) in [6, 6.07) is 6.59. The number of amides is 1. The third kappa shape index (κ3) is 2.91. The molecule has 0 radical (unpaired) electrons. The lowest BCUT2D eigenvalue weighted by Crippen LogP contribution is -2.24. The average Bonchev–Trinajstić information content (AvgIpc) is 3.02. The molecule has 2 heterocycles. The lowest BCUT2D eigenvalue weighted by molar-refractivity contribution is -0.136. The quantitative estimate of drug-likeness (QED) is 0.827. The molecule has 2 aliphatic heterocycles. The van der Waals surface area contributed by atoms with Gasteiger partial charge in [-0.25, -0.2) is 0 Å². The van der Waals surface area contributed by atoms with Crippen LogP contribution >= 0.6 is 0 Å². The molecule has 0 aromatic heterocycles. The number of ether oxygens (including phenoxy) is 1. The number of halogens is 3. The maximum absolute atomic E-state index is 14.2. The molecule has 1 N–H and O–H groups in total. The first kappa shape index (κ1) is 18.4. The average molecular weight is 388 g/mol. The van der Waals surface area contributed by atoms with Crippen molar-refractivity contribution in [1.82, 2.24) is 0 Å². The number of hydrogen-bond acceptors (Lipinski definition) is 3. The molecule has 0 saturated carbocycles. The van der Waals surface area contributed by atoms with Crippen LogP contribution in [0.2, 0.25) is 0 Å². The number of hydrogen-bond donors (Lipinski definition) is 1. The second-order valence-electron chi connectivity index (χ2n) is 6.83. The Balaban J connectivity index is 2.05. The minimum atomic E-state index is -4.62. The summed E-state index contributed by atoms with van der Waals surface area (Å²) in [5.41, 5.74) is 1.16. The Hall–Kier alpha value is -2.96. The van der Waals surface area contributed by atoms with Gasteiger partial charge in [-0.2, -0.15) is 13.2 Å². The number of nitrogens with zero attached hydrogens (tertiary/aromatic N) is 1. The number of anilines is 2. The van der Waals surface area contributed by atoms with Gasteiger partial charge in [0.15, 0.2) is 0 Å². The van der Waals surface area contributed by atoms with Crippen LogP contribution in [0.5, 0.6) is 5.75 Å². The van der Waals surface area contributed by atoms with Crippen molar-refractivity contribution in [2.75, 3.05) is 30.4 Å². The minimum Gasteiger partial charge on any atom is -0.494 e. The topological polar surface area (TPSA) is 41.6 Å². The molecule has 2 aromatic rings. The highest BCUT2D eigenvalue weighted by molar-refractivity contribution is 6.07. The molecular formula is C21H19F3N2O2. The Morgan fingerprint density at radius 2 is 1.93 bits per heavy atom. The molecule has 0 saturated heterocycles. The molecule has 0 fully saturated rings. The van der Waals surface area contributed by atoms with Crippen LogP contribution in [0, 0.1) is 0 Å². The van der Waals surface area contributed by atoms with Crippen molar-refractivity contribution < 1.29 is 22.7 Å². The summed E-state index contributed by atoms with van der Waals surface area (Å²) in [5, 5.41) is 2.44. The Morgan fingerprint density at radius 1 is 1.21 bits per heavy atom. The maximum atomic E-state index is 14.2. The van der Waals surface area contributed by atoms with Crippen molar-refractivity contribution in [3.63, 3.8) is 0 Å². The van der Waals surface area contributed by atoms with Gasteiger partial charge in [0.2, 0.25) is 5.91 Å². The summed E-state index contributed by atoms with van der Waals surface area (Å²) >= 11 is 0. The standard InChI is InChI=1S/C21H19F3N2O2/c1-3-28-13-8-6-12(7-9-13)17-18(21(22,23)24)19-15(11-16(27)25-19)14-5-4-10-26(2)20(14)17/h4-9H,3,10-11H2,1-2H3,(H,25,27). The second kappa shape index (κ2) is 6.58. The van der Waals surface area contributed by atoms with Crippen molar-refractivity contribution >= 4 is 23.4 Å². The summed E-state index contributed by atoms with van der Waals surface area (Å²) in [4.78, 5) is 13.8. The fraction of sp³-hybridized carbons (Fsp3) is 0.286. The summed E-state index contributed by atoms with van der Waals surface area (Å²) in [6.07, 6.45) is -0.970. The normalized spacial score (nSPS) is 15.3. The molecule has 1 amide bonds. The van der Waals surface area contributed by atoms with Gasteiger partial charge in [0.1, 0.15) is 5.75 Å². The summed E-state index contributed by atoms with van der Waals surface area (Å²) in [5.74, 6) is 0.171. The van der Waals surface area contributed by atoms with Crippen molar-refractivity contribution in [3.05, 3.63) is 47.0 Å². The van der Waals surface area contributed by atoms with Gasteiger partial charge >= 0.3 is 6.18 Å². The van der Waals surface area contributed by atoms with Crippen LogP contribution in [0.1, 0.15) is 23.6 Å². The Morgan fingerprint density at radius 3 is 2.57 bits per heavy atom. The van der Waals surface area contributed by atoms with Crippen LogP contribution in [0.25, 0.3) is 17.2 Å². The zero-order valence-electron chi connectivity index (χ0n) is 15.5. The van der Waals surface area contributed by atoms with Gasteiger partial charge < -0.3 is 15.0 Å². The SMILES string of the molecule is CCOc1ccc(-c2c3c(c4c(c2C(F)(F)F)NC(=O)C4)C=CCN3C)cc1. The molecule has 4 nitrogen and oxygen atoms in total. The second-order valence-corrected chi connectivity index (χ2v) is 6.83. The molecule has 0 atom stereocenters. The van der Waals surface area contributed by atoms with Gasteiger partial charge in [-0.1, -0.05) is 24.3 Å². The number of likely N-dealkylation sites (N-methyl/N-ethyl adjacent to an activating group) is 1. The first-order valence-corrected chi connectivity index (χ1v) is 9.02. The highest BCUT2D eigenvalue weighted by atomic mass is 19.4. The van der Waals surface area contributed by atoms with E-state index in [2.05, 4.69) is 5.32 Å². The van der Waals surface area contributed by atoms with Crippen molar-refractivity contribution in [2.24, 2.45) is 0 Å². The van der Waals surface area contributed by atoms with E-state index in [1.54, 1.807) is 36.2 Å². The molecule has 0 spiro atoms. The molecule has 2 aromatic carbocycles. The Labute approximate surface area is 160 Å². The number of rotatable bonds is 3. The zero-order valence-corrected chi connectivity index (χ0v) is 15.5. The third-order valence-electron chi connectivity index (χ3n) is 5.00. The summed E-state index contributed by atoms with van der Waals surface area (Å²) in [7, 11) is 1.76. The van der Waals surface area contributed by atoms with E-state index >= 15 is 0 Å². The molecule has 7 heteroatoms. The largest absolute Gasteiger partial charge is 0.494 e. The van der Waals surface area contributed by atoms with Crippen molar-refractivity contribution in [2.45, 2.75) is 19.5 Å². The van der Waals surface area contributed by atoms with Gasteiger partial charge in [0.25, 0.3) is 0 Å². The minimum absolute atomic E-state index is 0.0531. The fourth-order valence-corrected chi connectivity index (χ4v) is 3.92. The highest BCUT2D eigenvalue weighted by Crippen LogP contribution is 2.52. The van der Waals surface area contributed by atoms with Crippen LogP contribution in [0.3, 0.4) is 0 Å². The number of benzene rings is 2. The third-order valence-corrected chi connectivity index (χ3v) is 5.00. The Kier molecular flexibility index (Phi) is 4.33. The van der Waals surface area contributed by atoms with E-state index in [4.69, 9.17) is 4.74 Å². The van der Waals surface area contributed by atoms with E-state index in [0.29, 0.717) is 41.3 Å². The van der Waals surface area contributed by atoms with Gasteiger partial charge in [0, 0.05) is 24.7 Å². The molecule has 28 heavy (non-hydrogen) atoms. The first-order valence-electron chi connectivity index (χ1n) is 9.02. The van der Waals surface area contributed by atoms with Gasteiger partial charge in [0.05, 0.1) is 30.0 Å².